The zero-order valence-electron chi connectivity index (χ0n) is 11.2. The molecule has 2 aromatic heterocycles. The van der Waals surface area contributed by atoms with Gasteiger partial charge in [-0.3, -0.25) is 0 Å². The largest absolute Gasteiger partial charge is 0.348 e. The summed E-state index contributed by atoms with van der Waals surface area (Å²) in [6.45, 7) is 2.18. The molecule has 0 aliphatic rings. The summed E-state index contributed by atoms with van der Waals surface area (Å²) >= 11 is 0. The first-order valence-corrected chi connectivity index (χ1v) is 6.52. The van der Waals surface area contributed by atoms with Crippen molar-refractivity contribution < 1.29 is 0 Å². The van der Waals surface area contributed by atoms with Crippen LogP contribution in [0.1, 0.15) is 23.5 Å². The molecule has 1 N–H and O–H groups in total. The van der Waals surface area contributed by atoms with Gasteiger partial charge in [-0.05, 0) is 31.4 Å². The van der Waals surface area contributed by atoms with Crippen molar-refractivity contribution in [2.24, 2.45) is 7.05 Å². The fourth-order valence-electron chi connectivity index (χ4n) is 2.63. The Hall–Kier alpha value is -2.17. The maximum atomic E-state index is 3.98. The van der Waals surface area contributed by atoms with E-state index in [1.165, 1.54) is 22.2 Å². The molecule has 0 aliphatic carbocycles. The van der Waals surface area contributed by atoms with Crippen molar-refractivity contribution in [3.63, 3.8) is 0 Å². The number of aryl methyl sites for hydroxylation is 3. The van der Waals surface area contributed by atoms with E-state index in [1.807, 2.05) is 0 Å². The van der Waals surface area contributed by atoms with Crippen LogP contribution in [0, 0.1) is 6.92 Å². The molecule has 0 bridgehead atoms. The van der Waals surface area contributed by atoms with Gasteiger partial charge in [0.1, 0.15) is 0 Å². The summed E-state index contributed by atoms with van der Waals surface area (Å²) in [4.78, 5) is 0. The number of nitrogens with zero attached hydrogens (tertiary/aromatic N) is 4. The number of H-pyrrole nitrogens is 1. The van der Waals surface area contributed by atoms with Crippen molar-refractivity contribution in [3.05, 3.63) is 41.3 Å². The van der Waals surface area contributed by atoms with Crippen molar-refractivity contribution in [2.45, 2.75) is 26.2 Å². The Morgan fingerprint density at radius 1 is 1.21 bits per heavy atom. The van der Waals surface area contributed by atoms with Crippen molar-refractivity contribution in [2.75, 3.05) is 0 Å². The fraction of sp³-hybridized carbons (Fsp3) is 0.357. The quantitative estimate of drug-likeness (QED) is 0.777. The fourth-order valence-corrected chi connectivity index (χ4v) is 2.63. The first kappa shape index (κ1) is 11.9. The minimum absolute atomic E-state index is 0.790. The number of hydrogen-bond donors (Lipinski definition) is 1. The Bertz CT molecular complexity index is 681. The van der Waals surface area contributed by atoms with Crippen LogP contribution in [0.5, 0.6) is 0 Å². The zero-order chi connectivity index (χ0) is 13.2. The minimum Gasteiger partial charge on any atom is -0.348 e. The van der Waals surface area contributed by atoms with Crippen LogP contribution >= 0.6 is 0 Å². The van der Waals surface area contributed by atoms with Gasteiger partial charge in [-0.1, -0.05) is 23.4 Å². The van der Waals surface area contributed by atoms with E-state index in [4.69, 9.17) is 0 Å². The van der Waals surface area contributed by atoms with Gasteiger partial charge in [0.25, 0.3) is 0 Å². The number of aromatic amines is 1. The number of fused-ring (bicyclic) bond motifs is 1. The molecule has 3 rings (SSSR count). The van der Waals surface area contributed by atoms with Gasteiger partial charge in [0, 0.05) is 30.1 Å². The van der Waals surface area contributed by atoms with Crippen LogP contribution < -0.4 is 0 Å². The van der Waals surface area contributed by atoms with E-state index in [1.54, 1.807) is 0 Å². The molecule has 19 heavy (non-hydrogen) atoms. The molecule has 0 aliphatic heterocycles. The molecule has 1 aromatic carbocycles. The van der Waals surface area contributed by atoms with Gasteiger partial charge in [0.2, 0.25) is 0 Å². The van der Waals surface area contributed by atoms with E-state index in [9.17, 15) is 0 Å². The van der Waals surface area contributed by atoms with E-state index < -0.39 is 0 Å². The highest BCUT2D eigenvalue weighted by Gasteiger charge is 2.11. The first-order valence-electron chi connectivity index (χ1n) is 6.52. The number of benzene rings is 1. The van der Waals surface area contributed by atoms with E-state index >= 15 is 0 Å². The molecule has 98 valence electrons. The second-order valence-electron chi connectivity index (χ2n) is 4.82. The van der Waals surface area contributed by atoms with Gasteiger partial charge in [0.05, 0.1) is 0 Å². The summed E-state index contributed by atoms with van der Waals surface area (Å²) in [5.41, 5.74) is 4.07. The lowest BCUT2D eigenvalue weighted by Gasteiger charge is -2.01. The third-order valence-electron chi connectivity index (χ3n) is 3.75. The number of hydrogen-bond acceptors (Lipinski definition) is 3. The predicted octanol–water partition coefficient (Wildman–Crippen LogP) is 2.18. The smallest absolute Gasteiger partial charge is 0.174 e. The molecule has 0 radical (unpaired) electrons. The second kappa shape index (κ2) is 4.84. The number of tetrazole rings is 1. The van der Waals surface area contributed by atoms with E-state index in [0.29, 0.717) is 0 Å². The van der Waals surface area contributed by atoms with Crippen molar-refractivity contribution in [1.82, 2.24) is 25.2 Å². The first-order chi connectivity index (χ1) is 9.27. The molecular formula is C14H17N5. The molecule has 2 heterocycles. The highest BCUT2D eigenvalue weighted by Crippen LogP contribution is 2.25. The lowest BCUT2D eigenvalue weighted by atomic mass is 10.0. The summed E-state index contributed by atoms with van der Waals surface area (Å²) in [5, 5.41) is 15.4. The topological polar surface area (TPSA) is 59.4 Å². The van der Waals surface area contributed by atoms with Crippen molar-refractivity contribution >= 4 is 10.9 Å². The third kappa shape index (κ3) is 2.12. The summed E-state index contributed by atoms with van der Waals surface area (Å²) in [5.74, 6) is 0.790. The molecule has 0 unspecified atom stereocenters. The average Bonchev–Trinajstić information content (AvgIpc) is 3.02. The highest BCUT2D eigenvalue weighted by atomic mass is 15.5. The van der Waals surface area contributed by atoms with Gasteiger partial charge < -0.3 is 4.57 Å². The lowest BCUT2D eigenvalue weighted by molar-refractivity contribution is 0.767. The molecule has 0 saturated carbocycles. The molecule has 0 atom stereocenters. The standard InChI is InChI=1S/C14H17N5/c1-10-11(7-5-9-14-15-17-18-16-14)12-6-3-4-8-13(12)19(10)2/h3-4,6,8H,5,7,9H2,1-2H3,(H,15,16,17,18). The summed E-state index contributed by atoms with van der Waals surface area (Å²) < 4.78 is 2.26. The van der Waals surface area contributed by atoms with Crippen LogP contribution in [0.2, 0.25) is 0 Å². The zero-order valence-corrected chi connectivity index (χ0v) is 11.2. The van der Waals surface area contributed by atoms with Crippen molar-refractivity contribution in [1.29, 1.82) is 0 Å². The van der Waals surface area contributed by atoms with E-state index in [2.05, 4.69) is 63.4 Å². The van der Waals surface area contributed by atoms with Crippen LogP contribution in [0.25, 0.3) is 10.9 Å². The molecule has 5 nitrogen and oxygen atoms in total. The van der Waals surface area contributed by atoms with Crippen LogP contribution in [0.4, 0.5) is 0 Å². The Balaban J connectivity index is 1.82. The minimum atomic E-state index is 0.790. The SMILES string of the molecule is Cc1c(CCCc2nn[nH]n2)c2ccccc2n1C. The highest BCUT2D eigenvalue weighted by molar-refractivity contribution is 5.85. The number of para-hydroxylation sites is 1. The monoisotopic (exact) mass is 255 g/mol. The summed E-state index contributed by atoms with van der Waals surface area (Å²) in [7, 11) is 2.13. The number of nitrogens with one attached hydrogen (secondary N) is 1. The Kier molecular flexibility index (Phi) is 3.03. The average molecular weight is 255 g/mol. The molecule has 0 fully saturated rings. The summed E-state index contributed by atoms with van der Waals surface area (Å²) in [6.07, 6.45) is 2.94. The molecule has 0 amide bonds. The van der Waals surface area contributed by atoms with Gasteiger partial charge in [0.15, 0.2) is 5.82 Å². The normalized spacial score (nSPS) is 11.3. The van der Waals surface area contributed by atoms with Gasteiger partial charge in [-0.25, -0.2) is 0 Å². The number of rotatable bonds is 4. The Morgan fingerprint density at radius 2 is 2.05 bits per heavy atom. The predicted molar refractivity (Wildman–Crippen MR) is 73.9 cm³/mol. The second-order valence-corrected chi connectivity index (χ2v) is 4.82. The van der Waals surface area contributed by atoms with Gasteiger partial charge in [-0.2, -0.15) is 5.21 Å². The molecule has 3 aromatic rings. The molecule has 0 spiro atoms. The molecule has 0 saturated heterocycles. The van der Waals surface area contributed by atoms with E-state index in [-0.39, 0.29) is 0 Å². The lowest BCUT2D eigenvalue weighted by Crippen LogP contribution is -1.95. The van der Waals surface area contributed by atoms with Gasteiger partial charge in [-0.15, -0.1) is 10.2 Å². The number of aromatic nitrogens is 5. The Morgan fingerprint density at radius 3 is 2.84 bits per heavy atom. The maximum Gasteiger partial charge on any atom is 0.174 e. The third-order valence-corrected chi connectivity index (χ3v) is 3.75. The van der Waals surface area contributed by atoms with Gasteiger partial charge >= 0.3 is 0 Å². The van der Waals surface area contributed by atoms with Crippen LogP contribution in [0.3, 0.4) is 0 Å². The van der Waals surface area contributed by atoms with Crippen LogP contribution in [-0.4, -0.2) is 25.2 Å². The van der Waals surface area contributed by atoms with E-state index in [0.717, 1.165) is 25.1 Å². The van der Waals surface area contributed by atoms with Crippen LogP contribution in [0.15, 0.2) is 24.3 Å². The maximum absolute atomic E-state index is 3.98. The molecular weight excluding hydrogens is 238 g/mol. The summed E-state index contributed by atoms with van der Waals surface area (Å²) in [6, 6.07) is 8.56. The molecule has 5 heteroatoms. The van der Waals surface area contributed by atoms with Crippen molar-refractivity contribution in [3.8, 4) is 0 Å². The Labute approximate surface area is 111 Å². The van der Waals surface area contributed by atoms with Crippen LogP contribution in [-0.2, 0) is 19.9 Å².